The van der Waals surface area contributed by atoms with Crippen LogP contribution in [0.25, 0.3) is 21.9 Å². The Hall–Kier alpha value is -3.41. The van der Waals surface area contributed by atoms with Crippen molar-refractivity contribution in [3.63, 3.8) is 0 Å². The third kappa shape index (κ3) is 2.97. The predicted octanol–water partition coefficient (Wildman–Crippen LogP) is 4.36. The fourth-order valence-corrected chi connectivity index (χ4v) is 3.43. The summed E-state index contributed by atoms with van der Waals surface area (Å²) < 4.78 is 27.8. The highest BCUT2D eigenvalue weighted by Crippen LogP contribution is 2.52. The van der Waals surface area contributed by atoms with E-state index in [9.17, 15) is 4.79 Å². The molecule has 0 aromatic heterocycles. The standard InChI is InChI=1S/C22H22O6/c1-24-16-10-13-8-6-7-9-15(13)19(20(16)26-3)18-14(12-23)11-17(25-2)21(27-4)22(18)28-5/h6-12H,1-5H3. The quantitative estimate of drug-likeness (QED) is 0.566. The van der Waals surface area contributed by atoms with Crippen LogP contribution in [0.1, 0.15) is 10.4 Å². The molecule has 0 aliphatic heterocycles. The van der Waals surface area contributed by atoms with Gasteiger partial charge in [-0.1, -0.05) is 24.3 Å². The molecule has 0 N–H and O–H groups in total. The highest BCUT2D eigenvalue weighted by atomic mass is 16.5. The van der Waals surface area contributed by atoms with E-state index in [1.807, 2.05) is 30.3 Å². The molecule has 0 heterocycles. The van der Waals surface area contributed by atoms with E-state index in [2.05, 4.69) is 0 Å². The number of carbonyl (C=O) groups excluding carboxylic acids is 1. The van der Waals surface area contributed by atoms with Gasteiger partial charge in [0, 0.05) is 16.7 Å². The lowest BCUT2D eigenvalue weighted by atomic mass is 9.92. The van der Waals surface area contributed by atoms with E-state index in [4.69, 9.17) is 23.7 Å². The van der Waals surface area contributed by atoms with Gasteiger partial charge in [0.2, 0.25) is 5.75 Å². The molecular weight excluding hydrogens is 360 g/mol. The number of carbonyl (C=O) groups is 1. The Morgan fingerprint density at radius 3 is 1.86 bits per heavy atom. The first kappa shape index (κ1) is 19.4. The summed E-state index contributed by atoms with van der Waals surface area (Å²) in [5.74, 6) is 2.20. The Morgan fingerprint density at radius 2 is 1.29 bits per heavy atom. The fraction of sp³-hybridized carbons (Fsp3) is 0.227. The number of methoxy groups -OCH3 is 5. The monoisotopic (exact) mass is 382 g/mol. The van der Waals surface area contributed by atoms with Crippen LogP contribution in [0.4, 0.5) is 0 Å². The molecule has 0 saturated carbocycles. The van der Waals surface area contributed by atoms with Crippen molar-refractivity contribution >= 4 is 17.1 Å². The molecule has 0 aliphatic carbocycles. The zero-order valence-corrected chi connectivity index (χ0v) is 16.5. The lowest BCUT2D eigenvalue weighted by Gasteiger charge is -2.21. The number of ether oxygens (including phenoxy) is 5. The Morgan fingerprint density at radius 1 is 0.679 bits per heavy atom. The second-order valence-corrected chi connectivity index (χ2v) is 5.94. The van der Waals surface area contributed by atoms with Crippen molar-refractivity contribution in [1.29, 1.82) is 0 Å². The van der Waals surface area contributed by atoms with Crippen LogP contribution < -0.4 is 23.7 Å². The number of hydrogen-bond donors (Lipinski definition) is 0. The predicted molar refractivity (Wildman–Crippen MR) is 108 cm³/mol. The molecule has 3 aromatic rings. The van der Waals surface area contributed by atoms with Crippen molar-refractivity contribution in [3.05, 3.63) is 42.0 Å². The summed E-state index contributed by atoms with van der Waals surface area (Å²) in [6.07, 6.45) is 0.757. The molecule has 0 fully saturated rings. The Bertz CT molecular complexity index is 1030. The zero-order valence-electron chi connectivity index (χ0n) is 16.5. The largest absolute Gasteiger partial charge is 0.493 e. The third-order valence-electron chi connectivity index (χ3n) is 4.63. The van der Waals surface area contributed by atoms with Crippen LogP contribution in [-0.2, 0) is 0 Å². The molecule has 0 radical (unpaired) electrons. The molecule has 0 saturated heterocycles. The summed E-state index contributed by atoms with van der Waals surface area (Å²) in [5, 5.41) is 1.82. The Balaban J connectivity index is 2.57. The van der Waals surface area contributed by atoms with Crippen LogP contribution in [-0.4, -0.2) is 41.8 Å². The molecule has 0 atom stereocenters. The molecule has 0 aliphatic rings. The number of rotatable bonds is 7. The van der Waals surface area contributed by atoms with E-state index in [0.717, 1.165) is 17.1 Å². The average molecular weight is 382 g/mol. The van der Waals surface area contributed by atoms with E-state index in [-0.39, 0.29) is 0 Å². The number of aldehydes is 1. The molecule has 0 bridgehead atoms. The Kier molecular flexibility index (Phi) is 5.59. The highest BCUT2D eigenvalue weighted by Gasteiger charge is 2.27. The minimum Gasteiger partial charge on any atom is -0.493 e. The average Bonchev–Trinajstić information content (AvgIpc) is 2.75. The van der Waals surface area contributed by atoms with Gasteiger partial charge in [-0.25, -0.2) is 0 Å². The lowest BCUT2D eigenvalue weighted by molar-refractivity contribution is 0.112. The van der Waals surface area contributed by atoms with Gasteiger partial charge in [0.1, 0.15) is 0 Å². The second kappa shape index (κ2) is 8.08. The van der Waals surface area contributed by atoms with E-state index >= 15 is 0 Å². The van der Waals surface area contributed by atoms with Crippen molar-refractivity contribution in [2.45, 2.75) is 0 Å². The summed E-state index contributed by atoms with van der Waals surface area (Å²) in [5.41, 5.74) is 1.60. The normalized spacial score (nSPS) is 10.5. The number of hydrogen-bond acceptors (Lipinski definition) is 6. The van der Waals surface area contributed by atoms with Crippen LogP contribution in [0.15, 0.2) is 36.4 Å². The van der Waals surface area contributed by atoms with Crippen molar-refractivity contribution in [1.82, 2.24) is 0 Å². The first-order chi connectivity index (χ1) is 13.6. The lowest BCUT2D eigenvalue weighted by Crippen LogP contribution is -2.03. The topological polar surface area (TPSA) is 63.2 Å². The molecule has 0 unspecified atom stereocenters. The minimum absolute atomic E-state index is 0.376. The van der Waals surface area contributed by atoms with Gasteiger partial charge in [0.25, 0.3) is 0 Å². The van der Waals surface area contributed by atoms with E-state index in [1.54, 1.807) is 20.3 Å². The first-order valence-electron chi connectivity index (χ1n) is 8.57. The summed E-state index contributed by atoms with van der Waals surface area (Å²) in [7, 11) is 7.68. The zero-order chi connectivity index (χ0) is 20.3. The van der Waals surface area contributed by atoms with Gasteiger partial charge in [0.15, 0.2) is 29.3 Å². The second-order valence-electron chi connectivity index (χ2n) is 5.94. The van der Waals surface area contributed by atoms with Crippen LogP contribution in [0, 0.1) is 0 Å². The van der Waals surface area contributed by atoms with Crippen LogP contribution in [0.3, 0.4) is 0 Å². The van der Waals surface area contributed by atoms with Gasteiger partial charge in [-0.15, -0.1) is 0 Å². The van der Waals surface area contributed by atoms with Gasteiger partial charge in [-0.3, -0.25) is 4.79 Å². The third-order valence-corrected chi connectivity index (χ3v) is 4.63. The molecule has 3 rings (SSSR count). The Labute approximate surface area is 163 Å². The van der Waals surface area contributed by atoms with Gasteiger partial charge in [-0.2, -0.15) is 0 Å². The van der Waals surface area contributed by atoms with Gasteiger partial charge in [0.05, 0.1) is 35.5 Å². The minimum atomic E-state index is 0.376. The first-order valence-corrected chi connectivity index (χ1v) is 8.57. The van der Waals surface area contributed by atoms with E-state index < -0.39 is 0 Å². The molecule has 3 aromatic carbocycles. The van der Waals surface area contributed by atoms with Crippen LogP contribution in [0.5, 0.6) is 28.7 Å². The van der Waals surface area contributed by atoms with Crippen molar-refractivity contribution in [2.24, 2.45) is 0 Å². The molecule has 0 spiro atoms. The maximum absolute atomic E-state index is 12.0. The summed E-state index contributed by atoms with van der Waals surface area (Å²) in [6.45, 7) is 0. The molecular formula is C22H22O6. The SMILES string of the molecule is COc1cc(C=O)c(-c2c(OC)c(OC)cc3ccccc23)c(OC)c1OC. The van der Waals surface area contributed by atoms with E-state index in [0.29, 0.717) is 45.4 Å². The molecule has 0 amide bonds. The summed E-state index contributed by atoms with van der Waals surface area (Å²) >= 11 is 0. The smallest absolute Gasteiger partial charge is 0.203 e. The number of fused-ring (bicyclic) bond motifs is 1. The van der Waals surface area contributed by atoms with Crippen molar-refractivity contribution < 1.29 is 28.5 Å². The van der Waals surface area contributed by atoms with Gasteiger partial charge >= 0.3 is 0 Å². The summed E-state index contributed by atoms with van der Waals surface area (Å²) in [4.78, 5) is 12.0. The fourth-order valence-electron chi connectivity index (χ4n) is 3.43. The van der Waals surface area contributed by atoms with Gasteiger partial charge < -0.3 is 23.7 Å². The molecule has 6 nitrogen and oxygen atoms in total. The highest BCUT2D eigenvalue weighted by molar-refractivity contribution is 6.07. The summed E-state index contributed by atoms with van der Waals surface area (Å²) in [6, 6.07) is 11.3. The van der Waals surface area contributed by atoms with Crippen molar-refractivity contribution in [2.75, 3.05) is 35.5 Å². The number of benzene rings is 3. The van der Waals surface area contributed by atoms with Crippen molar-refractivity contribution in [3.8, 4) is 39.9 Å². The molecule has 28 heavy (non-hydrogen) atoms. The van der Waals surface area contributed by atoms with Crippen LogP contribution in [0.2, 0.25) is 0 Å². The molecule has 146 valence electrons. The van der Waals surface area contributed by atoms with E-state index in [1.165, 1.54) is 21.3 Å². The maximum atomic E-state index is 12.0. The maximum Gasteiger partial charge on any atom is 0.203 e. The molecule has 6 heteroatoms. The van der Waals surface area contributed by atoms with Gasteiger partial charge in [-0.05, 0) is 22.9 Å². The van der Waals surface area contributed by atoms with Crippen LogP contribution >= 0.6 is 0 Å².